The van der Waals surface area contributed by atoms with Crippen LogP contribution in [0, 0.1) is 0 Å². The highest BCUT2D eigenvalue weighted by atomic mass is 16.6. The van der Waals surface area contributed by atoms with Crippen molar-refractivity contribution >= 4 is 24.2 Å². The van der Waals surface area contributed by atoms with Gasteiger partial charge in [0.2, 0.25) is 17.3 Å². The standard InChI is InChI=1S/C14H10O9/c15-7-8-1-2-10(22-8)13(18)20-5-6-21-14(19)11-4-3-9(23-11)12(16)17/h1-4,7H,5-6H2,(H,16,17). The molecule has 0 aliphatic carbocycles. The first-order chi connectivity index (χ1) is 11.0. The number of rotatable bonds is 7. The van der Waals surface area contributed by atoms with Gasteiger partial charge in [0.05, 0.1) is 0 Å². The Labute approximate surface area is 128 Å². The quantitative estimate of drug-likeness (QED) is 0.456. The molecule has 0 saturated heterocycles. The zero-order valence-corrected chi connectivity index (χ0v) is 11.5. The predicted octanol–water partition coefficient (Wildman–Crippen LogP) is 1.40. The second-order valence-electron chi connectivity index (χ2n) is 4.06. The van der Waals surface area contributed by atoms with E-state index in [4.69, 9.17) is 23.4 Å². The van der Waals surface area contributed by atoms with Crippen LogP contribution in [0.5, 0.6) is 0 Å². The molecule has 1 N–H and O–H groups in total. The molecule has 9 nitrogen and oxygen atoms in total. The molecule has 23 heavy (non-hydrogen) atoms. The zero-order valence-electron chi connectivity index (χ0n) is 11.5. The van der Waals surface area contributed by atoms with Crippen molar-refractivity contribution in [1.82, 2.24) is 0 Å². The van der Waals surface area contributed by atoms with Gasteiger partial charge in [0, 0.05) is 0 Å². The topological polar surface area (TPSA) is 133 Å². The summed E-state index contributed by atoms with van der Waals surface area (Å²) in [7, 11) is 0. The van der Waals surface area contributed by atoms with E-state index in [0.717, 1.165) is 12.1 Å². The highest BCUT2D eigenvalue weighted by molar-refractivity contribution is 5.90. The van der Waals surface area contributed by atoms with Crippen molar-refractivity contribution in [3.8, 4) is 0 Å². The van der Waals surface area contributed by atoms with E-state index in [1.54, 1.807) is 0 Å². The molecule has 0 bridgehead atoms. The predicted molar refractivity (Wildman–Crippen MR) is 70.3 cm³/mol. The number of carbonyl (C=O) groups is 4. The van der Waals surface area contributed by atoms with Gasteiger partial charge in [-0.15, -0.1) is 0 Å². The van der Waals surface area contributed by atoms with Crippen molar-refractivity contribution in [3.05, 3.63) is 47.3 Å². The third kappa shape index (κ3) is 4.06. The molecular formula is C14H10O9. The Balaban J connectivity index is 1.76. The minimum absolute atomic E-state index is 0.0181. The van der Waals surface area contributed by atoms with E-state index in [1.165, 1.54) is 12.1 Å². The summed E-state index contributed by atoms with van der Waals surface area (Å²) >= 11 is 0. The van der Waals surface area contributed by atoms with Gasteiger partial charge >= 0.3 is 17.9 Å². The Hall–Kier alpha value is -3.36. The van der Waals surface area contributed by atoms with Crippen molar-refractivity contribution in [2.75, 3.05) is 13.2 Å². The number of ether oxygens (including phenoxy) is 2. The van der Waals surface area contributed by atoms with Crippen LogP contribution in [0.15, 0.2) is 33.1 Å². The normalized spacial score (nSPS) is 10.1. The number of hydrogen-bond acceptors (Lipinski definition) is 8. The van der Waals surface area contributed by atoms with Gasteiger partial charge in [-0.1, -0.05) is 0 Å². The molecule has 9 heteroatoms. The van der Waals surface area contributed by atoms with Crippen LogP contribution in [0.2, 0.25) is 0 Å². The number of furan rings is 2. The Bertz CT molecular complexity index is 737. The Morgan fingerprint density at radius 3 is 1.91 bits per heavy atom. The maximum absolute atomic E-state index is 11.5. The maximum Gasteiger partial charge on any atom is 0.374 e. The summed E-state index contributed by atoms with van der Waals surface area (Å²) in [5.74, 6) is -3.88. The summed E-state index contributed by atoms with van der Waals surface area (Å²) in [6.07, 6.45) is 0.438. The van der Waals surface area contributed by atoms with Crippen molar-refractivity contribution in [1.29, 1.82) is 0 Å². The fourth-order valence-corrected chi connectivity index (χ4v) is 1.50. The summed E-state index contributed by atoms with van der Waals surface area (Å²) in [6.45, 7) is -0.525. The molecule has 2 aromatic heterocycles. The molecule has 120 valence electrons. The molecule has 2 aromatic rings. The molecular weight excluding hydrogens is 312 g/mol. The molecule has 0 spiro atoms. The third-order valence-corrected chi connectivity index (χ3v) is 2.51. The van der Waals surface area contributed by atoms with Crippen LogP contribution in [0.1, 0.15) is 42.2 Å². The van der Waals surface area contributed by atoms with Crippen LogP contribution in [-0.4, -0.2) is 42.5 Å². The first kappa shape index (κ1) is 16.0. The van der Waals surface area contributed by atoms with Gasteiger partial charge in [0.1, 0.15) is 13.2 Å². The van der Waals surface area contributed by atoms with Gasteiger partial charge < -0.3 is 23.4 Å². The summed E-state index contributed by atoms with van der Waals surface area (Å²) in [4.78, 5) is 44.0. The molecule has 2 rings (SSSR count). The maximum atomic E-state index is 11.5. The van der Waals surface area contributed by atoms with Crippen molar-refractivity contribution in [2.24, 2.45) is 0 Å². The van der Waals surface area contributed by atoms with Gasteiger partial charge in [-0.05, 0) is 24.3 Å². The van der Waals surface area contributed by atoms with Crippen molar-refractivity contribution < 1.29 is 42.6 Å². The van der Waals surface area contributed by atoms with E-state index in [0.29, 0.717) is 6.29 Å². The number of aldehydes is 1. The number of carboxylic acids is 1. The molecule has 0 atom stereocenters. The van der Waals surface area contributed by atoms with Crippen LogP contribution in [0.25, 0.3) is 0 Å². The minimum Gasteiger partial charge on any atom is -0.475 e. The molecule has 2 heterocycles. The van der Waals surface area contributed by atoms with Gasteiger partial charge in [-0.2, -0.15) is 0 Å². The van der Waals surface area contributed by atoms with E-state index in [1.807, 2.05) is 0 Å². The van der Waals surface area contributed by atoms with E-state index in [9.17, 15) is 19.2 Å². The molecule has 0 amide bonds. The van der Waals surface area contributed by atoms with Gasteiger partial charge in [0.15, 0.2) is 12.0 Å². The van der Waals surface area contributed by atoms with E-state index in [2.05, 4.69) is 0 Å². The molecule has 0 aliphatic rings. The fraction of sp³-hybridized carbons (Fsp3) is 0.143. The zero-order chi connectivity index (χ0) is 16.8. The van der Waals surface area contributed by atoms with E-state index in [-0.39, 0.29) is 30.5 Å². The number of carboxylic acid groups (broad SMARTS) is 1. The van der Waals surface area contributed by atoms with Crippen LogP contribution in [-0.2, 0) is 9.47 Å². The van der Waals surface area contributed by atoms with Gasteiger partial charge in [0.25, 0.3) is 0 Å². The van der Waals surface area contributed by atoms with Crippen LogP contribution in [0.3, 0.4) is 0 Å². The Kier molecular flexibility index (Phi) is 4.92. The lowest BCUT2D eigenvalue weighted by molar-refractivity contribution is 0.0227. The second-order valence-corrected chi connectivity index (χ2v) is 4.06. The van der Waals surface area contributed by atoms with Crippen LogP contribution in [0.4, 0.5) is 0 Å². The highest BCUT2D eigenvalue weighted by Crippen LogP contribution is 2.10. The second kappa shape index (κ2) is 7.07. The first-order valence-corrected chi connectivity index (χ1v) is 6.23. The lowest BCUT2D eigenvalue weighted by Crippen LogP contribution is -2.13. The summed E-state index contributed by atoms with van der Waals surface area (Å²) in [6, 6.07) is 4.84. The number of esters is 2. The summed E-state index contributed by atoms with van der Waals surface area (Å²) < 4.78 is 19.1. The lowest BCUT2D eigenvalue weighted by atomic mass is 10.4. The third-order valence-electron chi connectivity index (χ3n) is 2.51. The molecule has 0 unspecified atom stereocenters. The largest absolute Gasteiger partial charge is 0.475 e. The molecule has 0 saturated carbocycles. The Morgan fingerprint density at radius 2 is 1.43 bits per heavy atom. The smallest absolute Gasteiger partial charge is 0.374 e. The van der Waals surface area contributed by atoms with Crippen LogP contribution < -0.4 is 0 Å². The van der Waals surface area contributed by atoms with E-state index >= 15 is 0 Å². The number of aromatic carboxylic acids is 1. The average molecular weight is 322 g/mol. The minimum atomic E-state index is -1.31. The van der Waals surface area contributed by atoms with Gasteiger partial charge in [-0.3, -0.25) is 4.79 Å². The van der Waals surface area contributed by atoms with E-state index < -0.39 is 23.7 Å². The first-order valence-electron chi connectivity index (χ1n) is 6.23. The average Bonchev–Trinajstić information content (AvgIpc) is 3.19. The molecule has 0 radical (unpaired) electrons. The molecule has 0 aromatic carbocycles. The SMILES string of the molecule is O=Cc1ccc(C(=O)OCCOC(=O)c2ccc(C(=O)O)o2)o1. The van der Waals surface area contributed by atoms with Crippen LogP contribution >= 0.6 is 0 Å². The lowest BCUT2D eigenvalue weighted by Gasteiger charge is -2.03. The Morgan fingerprint density at radius 1 is 0.913 bits per heavy atom. The van der Waals surface area contributed by atoms with Crippen molar-refractivity contribution in [3.63, 3.8) is 0 Å². The van der Waals surface area contributed by atoms with Crippen molar-refractivity contribution in [2.45, 2.75) is 0 Å². The number of hydrogen-bond donors (Lipinski definition) is 1. The monoisotopic (exact) mass is 322 g/mol. The number of carbonyl (C=O) groups excluding carboxylic acids is 3. The summed E-state index contributed by atoms with van der Waals surface area (Å²) in [5.41, 5.74) is 0. The van der Waals surface area contributed by atoms with Gasteiger partial charge in [-0.25, -0.2) is 14.4 Å². The fourth-order valence-electron chi connectivity index (χ4n) is 1.50. The highest BCUT2D eigenvalue weighted by Gasteiger charge is 2.17. The summed E-state index contributed by atoms with van der Waals surface area (Å²) in [5, 5.41) is 8.65. The molecule has 0 aliphatic heterocycles. The molecule has 0 fully saturated rings.